The second-order valence-corrected chi connectivity index (χ2v) is 8.74. The summed E-state index contributed by atoms with van der Waals surface area (Å²) in [6.07, 6.45) is -1.51. The van der Waals surface area contributed by atoms with Crippen molar-refractivity contribution in [3.63, 3.8) is 0 Å². The molecule has 0 atom stereocenters. The molecule has 0 aliphatic rings. The number of rotatable bonds is 3. The van der Waals surface area contributed by atoms with Gasteiger partial charge in [-0.05, 0) is 0 Å². The van der Waals surface area contributed by atoms with E-state index in [-0.39, 0.29) is 20.2 Å². The number of hydrogen-bond donors (Lipinski definition) is 0. The van der Waals surface area contributed by atoms with Crippen molar-refractivity contribution in [3.05, 3.63) is 28.8 Å². The van der Waals surface area contributed by atoms with Crippen LogP contribution in [-0.2, 0) is 9.05 Å². The molecule has 3 heterocycles. The van der Waals surface area contributed by atoms with Crippen molar-refractivity contribution in [1.29, 1.82) is 0 Å². The van der Waals surface area contributed by atoms with Crippen molar-refractivity contribution < 1.29 is 21.6 Å². The molecule has 0 saturated heterocycles. The molecule has 0 aliphatic carbocycles. The van der Waals surface area contributed by atoms with Gasteiger partial charge in [-0.25, -0.2) is 0 Å². The number of pyridine rings is 1. The number of alkyl halides is 2. The molecule has 0 unspecified atom stereocenters. The summed E-state index contributed by atoms with van der Waals surface area (Å²) in [7, 11) is 1.05. The van der Waals surface area contributed by atoms with Crippen LogP contribution >= 0.6 is 10.7 Å². The zero-order valence-electron chi connectivity index (χ0n) is 10.2. The van der Waals surface area contributed by atoms with E-state index in [1.54, 1.807) is 0 Å². The molecule has 0 N–H and O–H groups in total. The molecule has 0 aromatic carbocycles. The molecule has 0 bridgehead atoms. The predicted molar refractivity (Wildman–Crippen MR) is 71.1 cm³/mol. The van der Waals surface area contributed by atoms with Gasteiger partial charge in [0.2, 0.25) is 0 Å². The van der Waals surface area contributed by atoms with Crippen LogP contribution in [-0.4, -0.2) is 42.7 Å². The first-order valence-electron chi connectivity index (χ1n) is 5.51. The second-order valence-electron chi connectivity index (χ2n) is 4.05. The van der Waals surface area contributed by atoms with E-state index < -0.39 is 40.8 Å². The van der Waals surface area contributed by atoms with Gasteiger partial charge in [-0.2, -0.15) is 0 Å². The SMILES string of the molecule is O=S(=O)(Cl)c1cc(F)n2ncc(-c3nnc(C(F)F)[se]3)c2c1. The molecule has 3 aromatic rings. The minimum atomic E-state index is -4.15. The molecule has 12 heteroatoms. The fourth-order valence-corrected chi connectivity index (χ4v) is 4.02. The zero-order chi connectivity index (χ0) is 16.1. The standard InChI is InChI=1S/C10H4ClF3N4O2SSe/c11-21(19,20)4-1-6-5(3-15-18(6)7(12)2-4)9-16-17-10(22-9)8(13)14/h1-3,8H. The fraction of sp³-hybridized carbons (Fsp3) is 0.100. The third-order valence-electron chi connectivity index (χ3n) is 2.69. The van der Waals surface area contributed by atoms with Crippen LogP contribution in [0.5, 0.6) is 0 Å². The number of hydrogen-bond acceptors (Lipinski definition) is 5. The molecule has 116 valence electrons. The van der Waals surface area contributed by atoms with Gasteiger partial charge < -0.3 is 0 Å². The number of fused-ring (bicyclic) bond motifs is 1. The summed E-state index contributed by atoms with van der Waals surface area (Å²) in [5.41, 5.74) is 0.297. The van der Waals surface area contributed by atoms with Crippen molar-refractivity contribution >= 4 is 39.8 Å². The Bertz CT molecular complexity index is 972. The van der Waals surface area contributed by atoms with Gasteiger partial charge in [-0.15, -0.1) is 0 Å². The van der Waals surface area contributed by atoms with E-state index in [2.05, 4.69) is 15.3 Å². The summed E-state index contributed by atoms with van der Waals surface area (Å²) in [6.45, 7) is 0. The molecular formula is C10H4ClF3N4O2SSe. The topological polar surface area (TPSA) is 77.2 Å². The Morgan fingerprint density at radius 1 is 1.27 bits per heavy atom. The van der Waals surface area contributed by atoms with Gasteiger partial charge >= 0.3 is 131 Å². The molecule has 0 amide bonds. The molecule has 0 aliphatic heterocycles. The Morgan fingerprint density at radius 2 is 2.00 bits per heavy atom. The normalized spacial score (nSPS) is 12.4. The van der Waals surface area contributed by atoms with Crippen LogP contribution in [0.15, 0.2) is 23.2 Å². The number of nitrogens with zero attached hydrogens (tertiary/aromatic N) is 4. The second kappa shape index (κ2) is 5.34. The van der Waals surface area contributed by atoms with Gasteiger partial charge in [0, 0.05) is 0 Å². The average molecular weight is 416 g/mol. The first-order valence-corrected chi connectivity index (χ1v) is 9.53. The van der Waals surface area contributed by atoms with Gasteiger partial charge in [0.15, 0.2) is 0 Å². The Morgan fingerprint density at radius 3 is 2.59 bits per heavy atom. The summed E-state index contributed by atoms with van der Waals surface area (Å²) < 4.78 is 62.4. The Labute approximate surface area is 131 Å². The third-order valence-corrected chi connectivity index (χ3v) is 6.04. The Kier molecular flexibility index (Phi) is 3.76. The van der Waals surface area contributed by atoms with E-state index in [9.17, 15) is 21.6 Å². The van der Waals surface area contributed by atoms with Crippen molar-refractivity contribution in [2.45, 2.75) is 11.3 Å². The molecule has 6 nitrogen and oxygen atoms in total. The van der Waals surface area contributed by atoms with E-state index in [1.165, 1.54) is 6.20 Å². The monoisotopic (exact) mass is 416 g/mol. The van der Waals surface area contributed by atoms with Crippen LogP contribution in [0, 0.1) is 5.95 Å². The van der Waals surface area contributed by atoms with Gasteiger partial charge in [-0.3, -0.25) is 0 Å². The number of halogens is 4. The van der Waals surface area contributed by atoms with E-state index in [4.69, 9.17) is 10.7 Å². The maximum absolute atomic E-state index is 13.9. The molecule has 3 aromatic heterocycles. The van der Waals surface area contributed by atoms with Crippen molar-refractivity contribution in [3.8, 4) is 10.1 Å². The Balaban J connectivity index is 2.24. The van der Waals surface area contributed by atoms with Gasteiger partial charge in [0.05, 0.1) is 0 Å². The van der Waals surface area contributed by atoms with Crippen molar-refractivity contribution in [2.24, 2.45) is 0 Å². The summed E-state index contributed by atoms with van der Waals surface area (Å²) in [6, 6.07) is 1.82. The quantitative estimate of drug-likeness (QED) is 0.371. The van der Waals surface area contributed by atoms with Gasteiger partial charge in [0.1, 0.15) is 0 Å². The van der Waals surface area contributed by atoms with E-state index in [0.29, 0.717) is 0 Å². The summed E-state index contributed by atoms with van der Waals surface area (Å²) in [4.78, 5) is -0.456. The van der Waals surface area contributed by atoms with Crippen LogP contribution in [0.4, 0.5) is 13.2 Å². The average Bonchev–Trinajstić information content (AvgIpc) is 3.03. The van der Waals surface area contributed by atoms with Crippen LogP contribution in [0.25, 0.3) is 15.6 Å². The van der Waals surface area contributed by atoms with E-state index in [0.717, 1.165) is 16.6 Å². The van der Waals surface area contributed by atoms with Crippen LogP contribution in [0.3, 0.4) is 0 Å². The molecule has 3 rings (SSSR count). The van der Waals surface area contributed by atoms with Crippen molar-refractivity contribution in [2.75, 3.05) is 0 Å². The van der Waals surface area contributed by atoms with Crippen LogP contribution in [0.2, 0.25) is 0 Å². The van der Waals surface area contributed by atoms with Gasteiger partial charge in [0.25, 0.3) is 0 Å². The van der Waals surface area contributed by atoms with Gasteiger partial charge in [-0.1, -0.05) is 0 Å². The molecule has 0 radical (unpaired) electrons. The molecular weight excluding hydrogens is 412 g/mol. The minimum absolute atomic E-state index is 0.0607. The predicted octanol–water partition coefficient (Wildman–Crippen LogP) is 1.85. The molecule has 0 saturated carbocycles. The van der Waals surface area contributed by atoms with Crippen LogP contribution < -0.4 is 0 Å². The van der Waals surface area contributed by atoms with E-state index in [1.807, 2.05) is 0 Å². The molecule has 0 fully saturated rings. The fourth-order valence-electron chi connectivity index (χ4n) is 1.76. The maximum atomic E-state index is 13.9. The molecule has 0 spiro atoms. The molecule has 22 heavy (non-hydrogen) atoms. The summed E-state index contributed by atoms with van der Waals surface area (Å²) in [5, 5.41) is 10.8. The third kappa shape index (κ3) is 2.65. The Hall–Kier alpha value is -1.42. The summed E-state index contributed by atoms with van der Waals surface area (Å²) >= 11 is -0.843. The first-order chi connectivity index (χ1) is 10.3. The van der Waals surface area contributed by atoms with Crippen LogP contribution in [0.1, 0.15) is 11.0 Å². The van der Waals surface area contributed by atoms with E-state index >= 15 is 0 Å². The number of aromatic nitrogens is 4. The zero-order valence-corrected chi connectivity index (χ0v) is 13.5. The van der Waals surface area contributed by atoms with Crippen molar-refractivity contribution in [1.82, 2.24) is 19.8 Å². The first kappa shape index (κ1) is 15.5. The summed E-state index contributed by atoms with van der Waals surface area (Å²) in [5.74, 6) is -0.955.